The van der Waals surface area contributed by atoms with Gasteiger partial charge in [-0.2, -0.15) is 0 Å². The summed E-state index contributed by atoms with van der Waals surface area (Å²) in [7, 11) is 3.18. The lowest BCUT2D eigenvalue weighted by Gasteiger charge is -2.16. The first kappa shape index (κ1) is 20.4. The Hall–Kier alpha value is -3.29. The number of nitrogens with zero attached hydrogens (tertiary/aromatic N) is 2. The zero-order valence-electron chi connectivity index (χ0n) is 16.6. The Bertz CT molecular complexity index is 894. The van der Waals surface area contributed by atoms with Gasteiger partial charge >= 0.3 is 0 Å². The molecule has 0 spiro atoms. The Morgan fingerprint density at radius 2 is 1.83 bits per heavy atom. The number of nitrogens with one attached hydrogen (secondary N) is 1. The molecule has 0 aliphatic carbocycles. The number of hydrogen-bond acceptors (Lipinski definition) is 6. The molecule has 1 fully saturated rings. The summed E-state index contributed by atoms with van der Waals surface area (Å²) < 4.78 is 10.6. The van der Waals surface area contributed by atoms with Crippen LogP contribution in [0.1, 0.15) is 28.8 Å². The zero-order valence-corrected chi connectivity index (χ0v) is 16.6. The van der Waals surface area contributed by atoms with Crippen LogP contribution in [0, 0.1) is 10.1 Å². The molecule has 0 radical (unpaired) electrons. The SMILES string of the molecule is COc1ccc(CCNc2ccc([N+](=O)[O-])c(C(=O)N3CCCC3)c2)cc1OC. The van der Waals surface area contributed by atoms with E-state index in [1.807, 2.05) is 18.2 Å². The second-order valence-electron chi connectivity index (χ2n) is 6.85. The Morgan fingerprint density at radius 3 is 2.48 bits per heavy atom. The third-order valence-corrected chi connectivity index (χ3v) is 5.01. The minimum atomic E-state index is -0.503. The molecule has 0 aromatic heterocycles. The maximum absolute atomic E-state index is 12.7. The summed E-state index contributed by atoms with van der Waals surface area (Å²) in [4.78, 5) is 25.2. The molecule has 8 nitrogen and oxygen atoms in total. The molecule has 0 saturated carbocycles. The molecule has 1 amide bonds. The number of carbonyl (C=O) groups is 1. The molecule has 8 heteroatoms. The van der Waals surface area contributed by atoms with Crippen LogP contribution < -0.4 is 14.8 Å². The molecule has 0 bridgehead atoms. The number of benzene rings is 2. The van der Waals surface area contributed by atoms with Gasteiger partial charge in [0.2, 0.25) is 0 Å². The number of nitro benzene ring substituents is 1. The topological polar surface area (TPSA) is 93.9 Å². The van der Waals surface area contributed by atoms with Crippen molar-refractivity contribution >= 4 is 17.3 Å². The second-order valence-corrected chi connectivity index (χ2v) is 6.85. The summed E-state index contributed by atoms with van der Waals surface area (Å²) in [6.45, 7) is 1.89. The van der Waals surface area contributed by atoms with Crippen molar-refractivity contribution < 1.29 is 19.2 Å². The maximum Gasteiger partial charge on any atom is 0.282 e. The van der Waals surface area contributed by atoms with Gasteiger partial charge in [-0.15, -0.1) is 0 Å². The van der Waals surface area contributed by atoms with Crippen LogP contribution in [0.15, 0.2) is 36.4 Å². The van der Waals surface area contributed by atoms with Gasteiger partial charge in [0, 0.05) is 31.4 Å². The van der Waals surface area contributed by atoms with Crippen LogP contribution in [0.2, 0.25) is 0 Å². The summed E-state index contributed by atoms with van der Waals surface area (Å²) >= 11 is 0. The Morgan fingerprint density at radius 1 is 1.10 bits per heavy atom. The maximum atomic E-state index is 12.7. The normalized spacial score (nSPS) is 13.2. The highest BCUT2D eigenvalue weighted by Crippen LogP contribution is 2.28. The van der Waals surface area contributed by atoms with E-state index in [1.54, 1.807) is 31.3 Å². The van der Waals surface area contributed by atoms with E-state index in [-0.39, 0.29) is 17.2 Å². The molecule has 2 aromatic carbocycles. The van der Waals surface area contributed by atoms with Crippen molar-refractivity contribution in [1.29, 1.82) is 0 Å². The quantitative estimate of drug-likeness (QED) is 0.539. The average molecular weight is 399 g/mol. The molecule has 154 valence electrons. The number of hydrogen-bond donors (Lipinski definition) is 1. The van der Waals surface area contributed by atoms with Crippen molar-refractivity contribution in [2.75, 3.05) is 39.2 Å². The van der Waals surface area contributed by atoms with Crippen molar-refractivity contribution in [3.05, 3.63) is 57.6 Å². The van der Waals surface area contributed by atoms with Crippen molar-refractivity contribution in [2.24, 2.45) is 0 Å². The van der Waals surface area contributed by atoms with E-state index in [0.717, 1.165) is 18.4 Å². The van der Waals surface area contributed by atoms with Crippen LogP contribution in [-0.2, 0) is 6.42 Å². The van der Waals surface area contributed by atoms with Crippen LogP contribution in [0.5, 0.6) is 11.5 Å². The van der Waals surface area contributed by atoms with E-state index < -0.39 is 4.92 Å². The van der Waals surface area contributed by atoms with Crippen LogP contribution in [0.4, 0.5) is 11.4 Å². The van der Waals surface area contributed by atoms with Gasteiger partial charge in [-0.1, -0.05) is 6.07 Å². The largest absolute Gasteiger partial charge is 0.493 e. The smallest absolute Gasteiger partial charge is 0.282 e. The van der Waals surface area contributed by atoms with Crippen LogP contribution in [0.25, 0.3) is 0 Å². The first-order valence-corrected chi connectivity index (χ1v) is 9.56. The number of anilines is 1. The number of nitro groups is 1. The highest BCUT2D eigenvalue weighted by molar-refractivity contribution is 5.99. The first-order chi connectivity index (χ1) is 14.0. The minimum Gasteiger partial charge on any atom is -0.493 e. The molecule has 1 saturated heterocycles. The Kier molecular flexibility index (Phi) is 6.54. The standard InChI is InChI=1S/C21H25N3O5/c1-28-19-8-5-15(13-20(19)29-2)9-10-22-16-6-7-18(24(26)27)17(14-16)21(25)23-11-3-4-12-23/h5-8,13-14,22H,3-4,9-12H2,1-2H3. The zero-order chi connectivity index (χ0) is 20.8. The number of amides is 1. The van der Waals surface area contributed by atoms with Crippen LogP contribution in [-0.4, -0.2) is 49.6 Å². The molecule has 0 atom stereocenters. The van der Waals surface area contributed by atoms with E-state index in [0.29, 0.717) is 43.2 Å². The highest BCUT2D eigenvalue weighted by Gasteiger charge is 2.26. The molecular weight excluding hydrogens is 374 g/mol. The van der Waals surface area contributed by atoms with E-state index in [4.69, 9.17) is 9.47 Å². The third-order valence-electron chi connectivity index (χ3n) is 5.01. The van der Waals surface area contributed by atoms with Crippen molar-refractivity contribution in [2.45, 2.75) is 19.3 Å². The van der Waals surface area contributed by atoms with Gasteiger partial charge in [-0.3, -0.25) is 14.9 Å². The molecule has 1 N–H and O–H groups in total. The van der Waals surface area contributed by atoms with Crippen LogP contribution in [0.3, 0.4) is 0 Å². The van der Waals surface area contributed by atoms with Gasteiger partial charge < -0.3 is 19.7 Å². The van der Waals surface area contributed by atoms with E-state index in [1.165, 1.54) is 6.07 Å². The molecule has 3 rings (SSSR count). The minimum absolute atomic E-state index is 0.132. The number of carbonyl (C=O) groups excluding carboxylic acids is 1. The van der Waals surface area contributed by atoms with Crippen molar-refractivity contribution in [1.82, 2.24) is 4.90 Å². The lowest BCUT2D eigenvalue weighted by atomic mass is 10.1. The van der Waals surface area contributed by atoms with E-state index >= 15 is 0 Å². The summed E-state index contributed by atoms with van der Waals surface area (Å²) in [6.07, 6.45) is 2.58. The molecule has 1 aliphatic rings. The van der Waals surface area contributed by atoms with Gasteiger partial charge in [-0.25, -0.2) is 0 Å². The molecular formula is C21H25N3O5. The third kappa shape index (κ3) is 4.77. The Labute approximate surface area is 169 Å². The Balaban J connectivity index is 1.70. The fourth-order valence-electron chi connectivity index (χ4n) is 3.45. The number of ether oxygens (including phenoxy) is 2. The summed E-state index contributed by atoms with van der Waals surface area (Å²) in [6, 6.07) is 10.3. The molecule has 2 aromatic rings. The van der Waals surface area contributed by atoms with Crippen molar-refractivity contribution in [3.8, 4) is 11.5 Å². The number of methoxy groups -OCH3 is 2. The predicted molar refractivity (Wildman–Crippen MR) is 110 cm³/mol. The van der Waals surface area contributed by atoms with E-state index in [2.05, 4.69) is 5.32 Å². The van der Waals surface area contributed by atoms with Gasteiger partial charge in [0.05, 0.1) is 19.1 Å². The van der Waals surface area contributed by atoms with Gasteiger partial charge in [-0.05, 0) is 49.1 Å². The highest BCUT2D eigenvalue weighted by atomic mass is 16.6. The predicted octanol–water partition coefficient (Wildman–Crippen LogP) is 3.50. The summed E-state index contributed by atoms with van der Waals surface area (Å²) in [5.41, 5.74) is 1.71. The molecule has 0 unspecified atom stereocenters. The first-order valence-electron chi connectivity index (χ1n) is 9.56. The lowest BCUT2D eigenvalue weighted by Crippen LogP contribution is -2.28. The van der Waals surface area contributed by atoms with E-state index in [9.17, 15) is 14.9 Å². The summed E-state index contributed by atoms with van der Waals surface area (Å²) in [5.74, 6) is 1.06. The van der Waals surface area contributed by atoms with Gasteiger partial charge in [0.15, 0.2) is 11.5 Å². The van der Waals surface area contributed by atoms with Gasteiger partial charge in [0.1, 0.15) is 5.56 Å². The van der Waals surface area contributed by atoms with Crippen molar-refractivity contribution in [3.63, 3.8) is 0 Å². The number of likely N-dealkylation sites (tertiary alicyclic amines) is 1. The summed E-state index contributed by atoms with van der Waals surface area (Å²) in [5, 5.41) is 14.6. The molecule has 29 heavy (non-hydrogen) atoms. The number of rotatable bonds is 8. The fourth-order valence-corrected chi connectivity index (χ4v) is 3.45. The lowest BCUT2D eigenvalue weighted by molar-refractivity contribution is -0.385. The fraction of sp³-hybridized carbons (Fsp3) is 0.381. The second kappa shape index (κ2) is 9.27. The monoisotopic (exact) mass is 399 g/mol. The average Bonchev–Trinajstić information content (AvgIpc) is 3.27. The van der Waals surface area contributed by atoms with Gasteiger partial charge in [0.25, 0.3) is 11.6 Å². The molecule has 1 aliphatic heterocycles. The van der Waals surface area contributed by atoms with Crippen LogP contribution >= 0.6 is 0 Å². The molecule has 1 heterocycles.